The molecule has 6 amide bonds. The highest BCUT2D eigenvalue weighted by Crippen LogP contribution is 2.37. The predicted molar refractivity (Wildman–Crippen MR) is 164 cm³/mol. The van der Waals surface area contributed by atoms with E-state index in [0.29, 0.717) is 35.3 Å². The molecular weight excluding hydrogens is 556 g/mol. The van der Waals surface area contributed by atoms with Gasteiger partial charge in [-0.1, -0.05) is 121 Å². The Morgan fingerprint density at radius 1 is 0.455 bits per heavy atom. The molecule has 0 bridgehead atoms. The summed E-state index contributed by atoms with van der Waals surface area (Å²) >= 11 is 0. The van der Waals surface area contributed by atoms with E-state index in [1.807, 2.05) is 121 Å². The van der Waals surface area contributed by atoms with Crippen LogP contribution in [0.3, 0.4) is 0 Å². The van der Waals surface area contributed by atoms with E-state index >= 15 is 0 Å². The summed E-state index contributed by atoms with van der Waals surface area (Å²) in [4.78, 5) is 56.0. The molecule has 0 saturated carbocycles. The topological polar surface area (TPSA) is 123 Å². The van der Waals surface area contributed by atoms with Crippen LogP contribution >= 0.6 is 0 Å². The molecule has 4 N–H and O–H groups in total. The first-order valence-electron chi connectivity index (χ1n) is 14.4. The highest BCUT2D eigenvalue weighted by atomic mass is 16.2. The lowest BCUT2D eigenvalue weighted by atomic mass is 9.83. The van der Waals surface area contributed by atoms with Crippen LogP contribution in [0.4, 0.5) is 9.59 Å². The molecule has 222 valence electrons. The zero-order valence-electron chi connectivity index (χ0n) is 23.9. The van der Waals surface area contributed by atoms with Gasteiger partial charge in [-0.05, 0) is 22.3 Å². The minimum Gasteiger partial charge on any atom is -0.315 e. The standard InChI is InChI=1S/C34H32N6O4/c41-29-33(25-13-5-1-6-14-25,26-15-7-2-8-16-26)37-31(43)39(29)23-35-21-22-36-24-40-30(42)34(38-32(40)44,27-17-9-3-10-18-27)28-19-11-4-12-20-28/h1-20,35-36H,21-24H2,(H,37,43)(H,38,44). The monoisotopic (exact) mass is 588 g/mol. The van der Waals surface area contributed by atoms with Crippen LogP contribution in [-0.4, -0.2) is 60.1 Å². The SMILES string of the molecule is O=C1NC(c2ccccc2)(c2ccccc2)C(=O)N1CNCCNCN1C(=O)NC(c2ccccc2)(c2ccccc2)C1=O. The summed E-state index contributed by atoms with van der Waals surface area (Å²) < 4.78 is 0. The smallest absolute Gasteiger partial charge is 0.315 e. The maximum atomic E-state index is 13.8. The minimum absolute atomic E-state index is 0.0119. The third-order valence-electron chi connectivity index (χ3n) is 8.06. The maximum Gasteiger partial charge on any atom is 0.326 e. The van der Waals surface area contributed by atoms with Crippen LogP contribution in [0, 0.1) is 0 Å². The third-order valence-corrected chi connectivity index (χ3v) is 8.06. The van der Waals surface area contributed by atoms with Crippen molar-refractivity contribution in [1.29, 1.82) is 0 Å². The zero-order chi connectivity index (χ0) is 30.6. The van der Waals surface area contributed by atoms with Crippen molar-refractivity contribution in [3.63, 3.8) is 0 Å². The molecular formula is C34H32N6O4. The fourth-order valence-electron chi connectivity index (χ4n) is 5.87. The number of nitrogens with zero attached hydrogens (tertiary/aromatic N) is 2. The Kier molecular flexibility index (Phi) is 7.93. The molecule has 44 heavy (non-hydrogen) atoms. The Bertz CT molecular complexity index is 1450. The van der Waals surface area contributed by atoms with Gasteiger partial charge >= 0.3 is 12.1 Å². The molecule has 2 fully saturated rings. The number of rotatable bonds is 11. The molecule has 0 unspecified atom stereocenters. The largest absolute Gasteiger partial charge is 0.326 e. The average Bonchev–Trinajstić information content (AvgIpc) is 3.49. The van der Waals surface area contributed by atoms with Crippen molar-refractivity contribution >= 4 is 23.9 Å². The van der Waals surface area contributed by atoms with E-state index in [0.717, 1.165) is 9.80 Å². The second-order valence-corrected chi connectivity index (χ2v) is 10.6. The lowest BCUT2D eigenvalue weighted by Crippen LogP contribution is -2.47. The van der Waals surface area contributed by atoms with Gasteiger partial charge in [-0.3, -0.25) is 20.2 Å². The molecule has 10 nitrogen and oxygen atoms in total. The molecule has 2 aliphatic heterocycles. The van der Waals surface area contributed by atoms with Crippen LogP contribution in [0.15, 0.2) is 121 Å². The van der Waals surface area contributed by atoms with Gasteiger partial charge in [0.15, 0.2) is 11.1 Å². The Labute approximate surface area is 255 Å². The Morgan fingerprint density at radius 3 is 1.00 bits per heavy atom. The second kappa shape index (κ2) is 12.1. The van der Waals surface area contributed by atoms with Crippen molar-refractivity contribution in [1.82, 2.24) is 31.1 Å². The van der Waals surface area contributed by atoms with E-state index in [1.54, 1.807) is 0 Å². The third kappa shape index (κ3) is 4.89. The number of urea groups is 2. The number of imide groups is 2. The summed E-state index contributed by atoms with van der Waals surface area (Å²) in [6, 6.07) is 35.7. The van der Waals surface area contributed by atoms with Gasteiger partial charge in [-0.15, -0.1) is 0 Å². The van der Waals surface area contributed by atoms with Crippen LogP contribution in [0.1, 0.15) is 22.3 Å². The fourth-order valence-corrected chi connectivity index (χ4v) is 5.87. The van der Waals surface area contributed by atoms with E-state index in [2.05, 4.69) is 21.3 Å². The highest BCUT2D eigenvalue weighted by Gasteiger charge is 2.54. The maximum absolute atomic E-state index is 13.8. The van der Waals surface area contributed by atoms with Crippen molar-refractivity contribution in [2.24, 2.45) is 0 Å². The summed E-state index contributed by atoms with van der Waals surface area (Å²) in [6.45, 7) is 0.712. The van der Waals surface area contributed by atoms with Crippen molar-refractivity contribution in [3.05, 3.63) is 144 Å². The summed E-state index contributed by atoms with van der Waals surface area (Å²) in [6.07, 6.45) is 0. The Morgan fingerprint density at radius 2 is 0.727 bits per heavy atom. The van der Waals surface area contributed by atoms with Gasteiger partial charge in [0.05, 0.1) is 13.3 Å². The number of nitrogens with one attached hydrogen (secondary N) is 4. The lowest BCUT2D eigenvalue weighted by molar-refractivity contribution is -0.131. The summed E-state index contributed by atoms with van der Waals surface area (Å²) in [7, 11) is 0. The Hall–Kier alpha value is -5.32. The minimum atomic E-state index is -1.33. The van der Waals surface area contributed by atoms with Gasteiger partial charge in [0.2, 0.25) is 0 Å². The van der Waals surface area contributed by atoms with Crippen molar-refractivity contribution in [3.8, 4) is 0 Å². The van der Waals surface area contributed by atoms with E-state index in [9.17, 15) is 19.2 Å². The normalized spacial score (nSPS) is 17.1. The molecule has 0 atom stereocenters. The molecule has 6 rings (SSSR count). The quantitative estimate of drug-likeness (QED) is 0.158. The molecule has 0 spiro atoms. The highest BCUT2D eigenvalue weighted by molar-refractivity contribution is 6.10. The van der Waals surface area contributed by atoms with E-state index in [1.165, 1.54) is 0 Å². The summed E-state index contributed by atoms with van der Waals surface area (Å²) in [5, 5.41) is 12.1. The first-order valence-corrected chi connectivity index (χ1v) is 14.4. The zero-order valence-corrected chi connectivity index (χ0v) is 23.9. The van der Waals surface area contributed by atoms with Crippen LogP contribution in [0.2, 0.25) is 0 Å². The van der Waals surface area contributed by atoms with Gasteiger partial charge in [-0.2, -0.15) is 0 Å². The average molecular weight is 589 g/mol. The van der Waals surface area contributed by atoms with Gasteiger partial charge in [0.25, 0.3) is 11.8 Å². The molecule has 10 heteroatoms. The van der Waals surface area contributed by atoms with E-state index in [-0.39, 0.29) is 25.2 Å². The summed E-state index contributed by atoms with van der Waals surface area (Å²) in [5.74, 6) is -0.754. The van der Waals surface area contributed by atoms with Crippen molar-refractivity contribution in [2.45, 2.75) is 11.1 Å². The number of benzene rings is 4. The molecule has 2 aliphatic rings. The lowest BCUT2D eigenvalue weighted by Gasteiger charge is -2.28. The first kappa shape index (κ1) is 28.8. The van der Waals surface area contributed by atoms with Crippen molar-refractivity contribution in [2.75, 3.05) is 26.4 Å². The van der Waals surface area contributed by atoms with Crippen molar-refractivity contribution < 1.29 is 19.2 Å². The number of carbonyl (C=O) groups is 4. The molecule has 0 aromatic heterocycles. The second-order valence-electron chi connectivity index (χ2n) is 10.6. The molecule has 0 aliphatic carbocycles. The number of hydrogen-bond donors (Lipinski definition) is 4. The number of carbonyl (C=O) groups excluding carboxylic acids is 4. The molecule has 4 aromatic carbocycles. The molecule has 2 heterocycles. The van der Waals surface area contributed by atoms with E-state index < -0.39 is 23.1 Å². The van der Waals surface area contributed by atoms with Gasteiger partial charge in [-0.25, -0.2) is 19.4 Å². The fraction of sp³-hybridized carbons (Fsp3) is 0.176. The predicted octanol–water partition coefficient (Wildman–Crippen LogP) is 3.07. The Balaban J connectivity index is 1.08. The number of hydrogen-bond acceptors (Lipinski definition) is 6. The van der Waals surface area contributed by atoms with Crippen LogP contribution in [0.25, 0.3) is 0 Å². The van der Waals surface area contributed by atoms with Gasteiger partial charge < -0.3 is 10.6 Å². The van der Waals surface area contributed by atoms with Crippen LogP contribution < -0.4 is 21.3 Å². The van der Waals surface area contributed by atoms with Gasteiger partial charge in [0, 0.05) is 13.1 Å². The first-order chi connectivity index (χ1) is 21.5. The number of amides is 6. The van der Waals surface area contributed by atoms with Crippen LogP contribution in [-0.2, 0) is 20.7 Å². The molecule has 4 aromatic rings. The van der Waals surface area contributed by atoms with Gasteiger partial charge in [0.1, 0.15) is 0 Å². The van der Waals surface area contributed by atoms with Crippen LogP contribution in [0.5, 0.6) is 0 Å². The molecule has 2 saturated heterocycles. The van der Waals surface area contributed by atoms with E-state index in [4.69, 9.17) is 0 Å². The molecule has 0 radical (unpaired) electrons. The summed E-state index contributed by atoms with van der Waals surface area (Å²) in [5.41, 5.74) is 0.0300.